The quantitative estimate of drug-likeness (QED) is 0.708. The Balaban J connectivity index is 1.82. The van der Waals surface area contributed by atoms with Crippen molar-refractivity contribution in [3.05, 3.63) is 0 Å². The summed E-state index contributed by atoms with van der Waals surface area (Å²) in [6.07, 6.45) is 2.14. The molecule has 0 atom stereocenters. The van der Waals surface area contributed by atoms with Crippen LogP contribution < -0.4 is 10.6 Å². The minimum atomic E-state index is -0.516. The van der Waals surface area contributed by atoms with E-state index in [1.165, 1.54) is 18.8 Å². The predicted octanol–water partition coefficient (Wildman–Crippen LogP) is -0.444. The number of urea groups is 1. The van der Waals surface area contributed by atoms with Crippen LogP contribution in [0.25, 0.3) is 0 Å². The molecule has 0 bridgehead atoms. The number of aromatic nitrogens is 4. The van der Waals surface area contributed by atoms with Crippen LogP contribution in [0.1, 0.15) is 18.9 Å². The maximum absolute atomic E-state index is 11.3. The van der Waals surface area contributed by atoms with Crippen LogP contribution >= 0.6 is 11.8 Å². The summed E-state index contributed by atoms with van der Waals surface area (Å²) in [5.41, 5.74) is 0. The maximum Gasteiger partial charge on any atom is 0.321 e. The average Bonchev–Trinajstić information content (AvgIpc) is 3.05. The van der Waals surface area contributed by atoms with Crippen molar-refractivity contribution < 1.29 is 9.59 Å². The number of rotatable bonds is 4. The summed E-state index contributed by atoms with van der Waals surface area (Å²) < 4.78 is 1.72. The third-order valence-corrected chi connectivity index (χ3v) is 3.10. The third-order valence-electron chi connectivity index (χ3n) is 2.17. The van der Waals surface area contributed by atoms with Gasteiger partial charge < -0.3 is 5.32 Å². The van der Waals surface area contributed by atoms with Crippen LogP contribution in [0.2, 0.25) is 0 Å². The van der Waals surface area contributed by atoms with Crippen LogP contribution in [0, 0.1) is 0 Å². The highest BCUT2D eigenvalue weighted by Gasteiger charge is 2.28. The number of nitrogens with zero attached hydrogens (tertiary/aromatic N) is 4. The van der Waals surface area contributed by atoms with E-state index < -0.39 is 6.03 Å². The highest BCUT2D eigenvalue weighted by Crippen LogP contribution is 2.36. The van der Waals surface area contributed by atoms with Gasteiger partial charge in [-0.25, -0.2) is 9.48 Å². The van der Waals surface area contributed by atoms with E-state index in [1.54, 1.807) is 4.68 Å². The Morgan fingerprint density at radius 2 is 2.29 bits per heavy atom. The second kappa shape index (κ2) is 5.13. The molecule has 3 amide bonds. The molecule has 9 heteroatoms. The Hall–Kier alpha value is -1.64. The summed E-state index contributed by atoms with van der Waals surface area (Å²) in [6.45, 7) is 0. The van der Waals surface area contributed by atoms with Gasteiger partial charge >= 0.3 is 6.03 Å². The van der Waals surface area contributed by atoms with E-state index in [9.17, 15) is 9.59 Å². The Bertz CT molecular complexity index is 429. The van der Waals surface area contributed by atoms with E-state index in [-0.39, 0.29) is 11.7 Å². The Kier molecular flexibility index (Phi) is 3.57. The third kappa shape index (κ3) is 3.16. The first-order valence-corrected chi connectivity index (χ1v) is 6.11. The second-order valence-corrected chi connectivity index (χ2v) is 4.50. The van der Waals surface area contributed by atoms with Gasteiger partial charge in [0.05, 0.1) is 11.8 Å². The van der Waals surface area contributed by atoms with E-state index in [0.29, 0.717) is 11.2 Å². The molecule has 1 aliphatic rings. The number of hydrogen-bond acceptors (Lipinski definition) is 6. The molecule has 1 aliphatic carbocycles. The van der Waals surface area contributed by atoms with Crippen LogP contribution in [-0.2, 0) is 4.79 Å². The molecular weight excluding hydrogens is 244 g/mol. The Morgan fingerprint density at radius 1 is 1.53 bits per heavy atom. The number of imide groups is 1. The van der Waals surface area contributed by atoms with Crippen molar-refractivity contribution in [2.24, 2.45) is 0 Å². The van der Waals surface area contributed by atoms with Gasteiger partial charge in [0, 0.05) is 7.05 Å². The fourth-order valence-electron chi connectivity index (χ4n) is 1.18. The van der Waals surface area contributed by atoms with Gasteiger partial charge in [-0.1, -0.05) is 11.8 Å². The van der Waals surface area contributed by atoms with Gasteiger partial charge in [0.15, 0.2) is 0 Å². The number of tetrazole rings is 1. The zero-order valence-corrected chi connectivity index (χ0v) is 10.0. The van der Waals surface area contributed by atoms with Gasteiger partial charge in [0.25, 0.3) is 0 Å². The number of thioether (sulfide) groups is 1. The first-order chi connectivity index (χ1) is 8.20. The number of nitrogens with one attached hydrogen (secondary N) is 2. The first-order valence-electron chi connectivity index (χ1n) is 5.13. The smallest absolute Gasteiger partial charge is 0.321 e. The Morgan fingerprint density at radius 3 is 2.94 bits per heavy atom. The molecule has 1 heterocycles. The molecule has 8 nitrogen and oxygen atoms in total. The summed E-state index contributed by atoms with van der Waals surface area (Å²) in [5, 5.41) is 16.3. The van der Waals surface area contributed by atoms with Crippen LogP contribution in [0.5, 0.6) is 0 Å². The van der Waals surface area contributed by atoms with Crippen molar-refractivity contribution >= 4 is 23.7 Å². The molecule has 0 unspecified atom stereocenters. The van der Waals surface area contributed by atoms with Crippen molar-refractivity contribution in [3.8, 4) is 0 Å². The zero-order chi connectivity index (χ0) is 12.3. The molecule has 17 heavy (non-hydrogen) atoms. The lowest BCUT2D eigenvalue weighted by Crippen LogP contribution is -2.38. The number of hydrogen-bond donors (Lipinski definition) is 2. The highest BCUT2D eigenvalue weighted by molar-refractivity contribution is 7.99. The van der Waals surface area contributed by atoms with Crippen molar-refractivity contribution in [1.29, 1.82) is 0 Å². The first kappa shape index (κ1) is 11.8. The van der Waals surface area contributed by atoms with Gasteiger partial charge in [0.2, 0.25) is 11.1 Å². The number of amides is 3. The van der Waals surface area contributed by atoms with Crippen molar-refractivity contribution in [3.63, 3.8) is 0 Å². The molecule has 0 radical (unpaired) electrons. The molecule has 1 saturated carbocycles. The van der Waals surface area contributed by atoms with Crippen molar-refractivity contribution in [2.45, 2.75) is 24.0 Å². The van der Waals surface area contributed by atoms with Gasteiger partial charge in [-0.3, -0.25) is 10.1 Å². The minimum absolute atomic E-state index is 0.112. The summed E-state index contributed by atoms with van der Waals surface area (Å²) in [6, 6.07) is -0.146. The summed E-state index contributed by atoms with van der Waals surface area (Å²) in [7, 11) is 1.45. The SMILES string of the molecule is CNC(=O)NC(=O)CSc1nnnn1C1CC1. The van der Waals surface area contributed by atoms with Crippen LogP contribution in [0.3, 0.4) is 0 Å². The molecular formula is C8H12N6O2S. The molecule has 0 aliphatic heterocycles. The van der Waals surface area contributed by atoms with E-state index in [2.05, 4.69) is 26.2 Å². The topological polar surface area (TPSA) is 102 Å². The molecule has 0 saturated heterocycles. The van der Waals surface area contributed by atoms with Crippen LogP contribution in [0.15, 0.2) is 5.16 Å². The molecule has 1 fully saturated rings. The molecule has 0 spiro atoms. The van der Waals surface area contributed by atoms with E-state index in [0.717, 1.165) is 12.8 Å². The lowest BCUT2D eigenvalue weighted by atomic mass is 10.7. The molecule has 0 aromatic carbocycles. The van der Waals surface area contributed by atoms with Crippen molar-refractivity contribution in [1.82, 2.24) is 30.8 Å². The monoisotopic (exact) mass is 256 g/mol. The van der Waals surface area contributed by atoms with Crippen LogP contribution in [-0.4, -0.2) is 44.9 Å². The summed E-state index contributed by atoms with van der Waals surface area (Å²) in [4.78, 5) is 22.2. The van der Waals surface area contributed by atoms with E-state index >= 15 is 0 Å². The van der Waals surface area contributed by atoms with E-state index in [1.807, 2.05) is 0 Å². The Labute approximate surface area is 102 Å². The lowest BCUT2D eigenvalue weighted by molar-refractivity contribution is -0.117. The average molecular weight is 256 g/mol. The highest BCUT2D eigenvalue weighted by atomic mass is 32.2. The zero-order valence-electron chi connectivity index (χ0n) is 9.21. The van der Waals surface area contributed by atoms with Gasteiger partial charge in [-0.2, -0.15) is 0 Å². The van der Waals surface area contributed by atoms with Crippen molar-refractivity contribution in [2.75, 3.05) is 12.8 Å². The fourth-order valence-corrected chi connectivity index (χ4v) is 1.93. The molecule has 92 valence electrons. The minimum Gasteiger partial charge on any atom is -0.341 e. The maximum atomic E-state index is 11.3. The molecule has 1 aromatic rings. The van der Waals surface area contributed by atoms with Gasteiger partial charge in [-0.05, 0) is 23.3 Å². The fraction of sp³-hybridized carbons (Fsp3) is 0.625. The van der Waals surface area contributed by atoms with Gasteiger partial charge in [0.1, 0.15) is 0 Å². The molecule has 2 N–H and O–H groups in total. The number of carbonyl (C=O) groups excluding carboxylic acids is 2. The standard InChI is InChI=1S/C8H12N6O2S/c1-9-7(16)10-6(15)4-17-8-11-12-13-14(8)5-2-3-5/h5H,2-4H2,1H3,(H2,9,10,15,16). The lowest BCUT2D eigenvalue weighted by Gasteiger charge is -2.03. The summed E-state index contributed by atoms with van der Waals surface area (Å²) >= 11 is 1.22. The molecule has 1 aromatic heterocycles. The number of carbonyl (C=O) groups is 2. The van der Waals surface area contributed by atoms with Crippen LogP contribution in [0.4, 0.5) is 4.79 Å². The second-order valence-electron chi connectivity index (χ2n) is 3.55. The molecule has 2 rings (SSSR count). The largest absolute Gasteiger partial charge is 0.341 e. The van der Waals surface area contributed by atoms with E-state index in [4.69, 9.17) is 0 Å². The normalized spacial score (nSPS) is 14.4. The summed E-state index contributed by atoms with van der Waals surface area (Å²) in [5.74, 6) is -0.264. The predicted molar refractivity (Wildman–Crippen MR) is 59.4 cm³/mol. The van der Waals surface area contributed by atoms with Gasteiger partial charge in [-0.15, -0.1) is 5.10 Å².